The maximum Gasteiger partial charge on any atom is 0.316 e. The zero-order valence-electron chi connectivity index (χ0n) is 16.4. The molecule has 1 aromatic carbocycles. The number of benzene rings is 1. The SMILES string of the molecule is CC(C)(C)C(=O)Oc1ccc2c(c1)CC[C@H]1[C@H]2CC[C@]2(C)C(=O)CC[C@@H]12. The molecule has 4 rings (SSSR count). The van der Waals surface area contributed by atoms with Crippen molar-refractivity contribution < 1.29 is 14.3 Å². The minimum Gasteiger partial charge on any atom is -0.426 e. The van der Waals surface area contributed by atoms with Gasteiger partial charge in [-0.05, 0) is 93.9 Å². The lowest BCUT2D eigenvalue weighted by atomic mass is 9.55. The van der Waals surface area contributed by atoms with Gasteiger partial charge >= 0.3 is 5.97 Å². The highest BCUT2D eigenvalue weighted by Gasteiger charge is 2.54. The van der Waals surface area contributed by atoms with Crippen LogP contribution in [0.3, 0.4) is 0 Å². The molecule has 0 aromatic heterocycles. The molecular weight excluding hydrogens is 324 g/mol. The molecular formula is C23H30O3. The quantitative estimate of drug-likeness (QED) is 0.523. The van der Waals surface area contributed by atoms with Crippen LogP contribution in [0, 0.1) is 22.7 Å². The summed E-state index contributed by atoms with van der Waals surface area (Å²) in [6.07, 6.45) is 6.17. The summed E-state index contributed by atoms with van der Waals surface area (Å²) < 4.78 is 5.60. The zero-order valence-corrected chi connectivity index (χ0v) is 16.4. The molecule has 2 fully saturated rings. The lowest BCUT2D eigenvalue weighted by molar-refractivity contribution is -0.143. The van der Waals surface area contributed by atoms with E-state index >= 15 is 0 Å². The molecule has 1 aromatic rings. The molecule has 0 spiro atoms. The van der Waals surface area contributed by atoms with E-state index in [1.54, 1.807) is 0 Å². The molecule has 0 amide bonds. The third-order valence-electron chi connectivity index (χ3n) is 7.23. The maximum atomic E-state index is 12.4. The number of Topliss-reactive ketones (excluding diaryl/α,β-unsaturated/α-hetero) is 1. The topological polar surface area (TPSA) is 43.4 Å². The fourth-order valence-electron chi connectivity index (χ4n) is 5.65. The van der Waals surface area contributed by atoms with E-state index in [2.05, 4.69) is 19.1 Å². The van der Waals surface area contributed by atoms with Crippen molar-refractivity contribution in [2.75, 3.05) is 0 Å². The first-order valence-corrected chi connectivity index (χ1v) is 10.1. The molecule has 0 unspecified atom stereocenters. The van der Waals surface area contributed by atoms with Gasteiger partial charge < -0.3 is 4.74 Å². The second kappa shape index (κ2) is 5.94. The van der Waals surface area contributed by atoms with E-state index in [4.69, 9.17) is 4.74 Å². The number of carbonyl (C=O) groups is 2. The molecule has 26 heavy (non-hydrogen) atoms. The van der Waals surface area contributed by atoms with Crippen molar-refractivity contribution in [2.24, 2.45) is 22.7 Å². The van der Waals surface area contributed by atoms with E-state index in [0.717, 1.165) is 38.5 Å². The Morgan fingerprint density at radius 1 is 1.15 bits per heavy atom. The summed E-state index contributed by atoms with van der Waals surface area (Å²) >= 11 is 0. The van der Waals surface area contributed by atoms with Gasteiger partial charge in [-0.3, -0.25) is 9.59 Å². The Bertz CT molecular complexity index is 757. The third-order valence-corrected chi connectivity index (χ3v) is 7.23. The Morgan fingerprint density at radius 3 is 2.65 bits per heavy atom. The molecule has 0 heterocycles. The highest BCUT2D eigenvalue weighted by atomic mass is 16.5. The van der Waals surface area contributed by atoms with Crippen molar-refractivity contribution >= 4 is 11.8 Å². The Labute approximate surface area is 156 Å². The molecule has 3 nitrogen and oxygen atoms in total. The Hall–Kier alpha value is -1.64. The van der Waals surface area contributed by atoms with Gasteiger partial charge in [-0.25, -0.2) is 0 Å². The van der Waals surface area contributed by atoms with Crippen LogP contribution in [-0.4, -0.2) is 11.8 Å². The Kier molecular flexibility index (Phi) is 4.05. The summed E-state index contributed by atoms with van der Waals surface area (Å²) in [7, 11) is 0. The summed E-state index contributed by atoms with van der Waals surface area (Å²) in [6, 6.07) is 6.21. The van der Waals surface area contributed by atoms with Crippen molar-refractivity contribution in [2.45, 2.75) is 72.1 Å². The first-order chi connectivity index (χ1) is 12.2. The molecule has 2 saturated carbocycles. The number of aryl methyl sites for hydroxylation is 1. The highest BCUT2D eigenvalue weighted by molar-refractivity contribution is 5.87. The standard InChI is InChI=1S/C23H30O3/c1-22(2,3)21(25)26-15-6-8-16-14(13-15)5-7-18-17(16)11-12-23(4)19(18)9-10-20(23)24/h6,8,13,17-19H,5,7,9-12H2,1-4H3/t17-,18-,19-,23-/m0/s1. The van der Waals surface area contributed by atoms with Crippen molar-refractivity contribution in [3.8, 4) is 5.75 Å². The molecule has 3 aliphatic rings. The van der Waals surface area contributed by atoms with Crippen LogP contribution in [0.1, 0.15) is 76.8 Å². The monoisotopic (exact) mass is 354 g/mol. The van der Waals surface area contributed by atoms with Crippen LogP contribution in [0.5, 0.6) is 5.75 Å². The van der Waals surface area contributed by atoms with Gasteiger partial charge in [-0.2, -0.15) is 0 Å². The van der Waals surface area contributed by atoms with Gasteiger partial charge in [0.2, 0.25) is 0 Å². The number of ketones is 1. The summed E-state index contributed by atoms with van der Waals surface area (Å²) in [4.78, 5) is 24.6. The molecule has 0 radical (unpaired) electrons. The number of carbonyl (C=O) groups excluding carboxylic acids is 2. The Balaban J connectivity index is 1.58. The fraction of sp³-hybridized carbons (Fsp3) is 0.652. The minimum atomic E-state index is -0.496. The van der Waals surface area contributed by atoms with Crippen LogP contribution in [-0.2, 0) is 16.0 Å². The number of rotatable bonds is 1. The van der Waals surface area contributed by atoms with Gasteiger partial charge in [0, 0.05) is 11.8 Å². The average Bonchev–Trinajstić information content (AvgIpc) is 2.89. The molecule has 3 heteroatoms. The van der Waals surface area contributed by atoms with Crippen LogP contribution >= 0.6 is 0 Å². The van der Waals surface area contributed by atoms with E-state index in [0.29, 0.717) is 29.3 Å². The number of fused-ring (bicyclic) bond motifs is 5. The van der Waals surface area contributed by atoms with Crippen LogP contribution in [0.25, 0.3) is 0 Å². The normalized spacial score (nSPS) is 33.2. The fourth-order valence-corrected chi connectivity index (χ4v) is 5.65. The molecule has 4 atom stereocenters. The Morgan fingerprint density at radius 2 is 1.92 bits per heavy atom. The van der Waals surface area contributed by atoms with Crippen molar-refractivity contribution in [3.63, 3.8) is 0 Å². The van der Waals surface area contributed by atoms with Gasteiger partial charge in [0.1, 0.15) is 11.5 Å². The average molecular weight is 354 g/mol. The smallest absolute Gasteiger partial charge is 0.316 e. The molecule has 0 N–H and O–H groups in total. The van der Waals surface area contributed by atoms with Gasteiger partial charge in [-0.15, -0.1) is 0 Å². The molecule has 3 aliphatic carbocycles. The van der Waals surface area contributed by atoms with Crippen LogP contribution < -0.4 is 4.74 Å². The number of hydrogen-bond acceptors (Lipinski definition) is 3. The summed E-state index contributed by atoms with van der Waals surface area (Å²) in [5.74, 6) is 2.73. The minimum absolute atomic E-state index is 0.0686. The zero-order chi connectivity index (χ0) is 18.7. The molecule has 0 aliphatic heterocycles. The first kappa shape index (κ1) is 17.8. The van der Waals surface area contributed by atoms with Crippen LogP contribution in [0.4, 0.5) is 0 Å². The van der Waals surface area contributed by atoms with Gasteiger partial charge in [0.05, 0.1) is 5.41 Å². The van der Waals surface area contributed by atoms with E-state index in [1.807, 2.05) is 26.8 Å². The number of esters is 1. The second-order valence-electron chi connectivity index (χ2n) is 9.83. The summed E-state index contributed by atoms with van der Waals surface area (Å²) in [5, 5.41) is 0. The van der Waals surface area contributed by atoms with Gasteiger partial charge in [0.25, 0.3) is 0 Å². The second-order valence-corrected chi connectivity index (χ2v) is 9.83. The predicted octanol–water partition coefficient (Wildman–Crippen LogP) is 5.06. The summed E-state index contributed by atoms with van der Waals surface area (Å²) in [6.45, 7) is 7.84. The molecule has 140 valence electrons. The first-order valence-electron chi connectivity index (χ1n) is 10.1. The lowest BCUT2D eigenvalue weighted by Crippen LogP contribution is -2.42. The molecule has 0 saturated heterocycles. The van der Waals surface area contributed by atoms with Crippen LogP contribution in [0.2, 0.25) is 0 Å². The van der Waals surface area contributed by atoms with Crippen LogP contribution in [0.15, 0.2) is 18.2 Å². The van der Waals surface area contributed by atoms with Crippen molar-refractivity contribution in [3.05, 3.63) is 29.3 Å². The number of ether oxygens (including phenoxy) is 1. The van der Waals surface area contributed by atoms with E-state index in [1.165, 1.54) is 11.1 Å². The van der Waals surface area contributed by atoms with Gasteiger partial charge in [0.15, 0.2) is 0 Å². The predicted molar refractivity (Wildman–Crippen MR) is 101 cm³/mol. The summed E-state index contributed by atoms with van der Waals surface area (Å²) in [5.41, 5.74) is 2.20. The van der Waals surface area contributed by atoms with Crippen molar-refractivity contribution in [1.29, 1.82) is 0 Å². The lowest BCUT2D eigenvalue weighted by Gasteiger charge is -2.48. The van der Waals surface area contributed by atoms with E-state index < -0.39 is 5.41 Å². The largest absolute Gasteiger partial charge is 0.426 e. The maximum absolute atomic E-state index is 12.4. The van der Waals surface area contributed by atoms with E-state index in [-0.39, 0.29) is 11.4 Å². The third kappa shape index (κ3) is 2.71. The highest BCUT2D eigenvalue weighted by Crippen LogP contribution is 2.59. The van der Waals surface area contributed by atoms with Gasteiger partial charge in [-0.1, -0.05) is 13.0 Å². The van der Waals surface area contributed by atoms with Crippen molar-refractivity contribution in [1.82, 2.24) is 0 Å². The molecule has 0 bridgehead atoms. The number of hydrogen-bond donors (Lipinski definition) is 0. The van der Waals surface area contributed by atoms with E-state index in [9.17, 15) is 9.59 Å².